The van der Waals surface area contributed by atoms with Gasteiger partial charge in [-0.1, -0.05) is 11.6 Å². The zero-order chi connectivity index (χ0) is 13.8. The fraction of sp³-hybridized carbons (Fsp3) is 0.462. The quantitative estimate of drug-likeness (QED) is 0.829. The monoisotopic (exact) mass is 270 g/mol. The normalized spacial score (nSPS) is 12.7. The Kier molecular flexibility index (Phi) is 4.84. The van der Waals surface area contributed by atoms with Crippen molar-refractivity contribution in [1.82, 2.24) is 10.6 Å². The van der Waals surface area contributed by atoms with Crippen molar-refractivity contribution >= 4 is 17.6 Å². The molecule has 0 saturated heterocycles. The van der Waals surface area contributed by atoms with Crippen molar-refractivity contribution in [3.8, 4) is 5.75 Å². The first-order valence-corrected chi connectivity index (χ1v) is 6.15. The molecule has 1 unspecified atom stereocenters. The Morgan fingerprint density at radius 3 is 2.33 bits per heavy atom. The van der Waals surface area contributed by atoms with Gasteiger partial charge in [0.15, 0.2) is 6.23 Å². The van der Waals surface area contributed by atoms with E-state index >= 15 is 0 Å². The second-order valence-electron chi connectivity index (χ2n) is 5.06. The van der Waals surface area contributed by atoms with Crippen LogP contribution in [0, 0.1) is 0 Å². The summed E-state index contributed by atoms with van der Waals surface area (Å²) in [6, 6.07) is 6.71. The van der Waals surface area contributed by atoms with Crippen LogP contribution in [-0.2, 0) is 0 Å². The van der Waals surface area contributed by atoms with Gasteiger partial charge in [-0.2, -0.15) is 0 Å². The minimum Gasteiger partial charge on any atom is -0.471 e. The molecule has 0 bridgehead atoms. The second kappa shape index (κ2) is 5.96. The largest absolute Gasteiger partial charge is 0.471 e. The van der Waals surface area contributed by atoms with Gasteiger partial charge in [0.1, 0.15) is 5.75 Å². The molecular formula is C13H19ClN2O2. The van der Waals surface area contributed by atoms with E-state index in [4.69, 9.17) is 16.3 Å². The minimum absolute atomic E-state index is 0.260. The molecule has 100 valence electrons. The van der Waals surface area contributed by atoms with Gasteiger partial charge >= 0.3 is 6.03 Å². The summed E-state index contributed by atoms with van der Waals surface area (Å²) in [6.45, 7) is 7.50. The maximum absolute atomic E-state index is 11.6. The third kappa shape index (κ3) is 5.77. The lowest BCUT2D eigenvalue weighted by Gasteiger charge is -2.23. The fourth-order valence-corrected chi connectivity index (χ4v) is 1.43. The molecule has 1 aromatic carbocycles. The van der Waals surface area contributed by atoms with Crippen LogP contribution in [0.3, 0.4) is 0 Å². The summed E-state index contributed by atoms with van der Waals surface area (Å²) in [6.07, 6.45) is -0.423. The average Bonchev–Trinajstić information content (AvgIpc) is 2.18. The van der Waals surface area contributed by atoms with E-state index in [2.05, 4.69) is 10.6 Å². The van der Waals surface area contributed by atoms with Crippen molar-refractivity contribution in [3.05, 3.63) is 29.3 Å². The molecular weight excluding hydrogens is 252 g/mol. The number of carbonyl (C=O) groups is 1. The number of nitrogens with one attached hydrogen (secondary N) is 2. The Morgan fingerprint density at radius 1 is 1.28 bits per heavy atom. The lowest BCUT2D eigenvalue weighted by Crippen LogP contribution is -2.50. The molecule has 0 fully saturated rings. The third-order valence-electron chi connectivity index (χ3n) is 1.95. The van der Waals surface area contributed by atoms with Gasteiger partial charge in [0.25, 0.3) is 0 Å². The molecule has 4 nitrogen and oxygen atoms in total. The zero-order valence-corrected chi connectivity index (χ0v) is 11.8. The van der Waals surface area contributed by atoms with E-state index in [0.29, 0.717) is 10.8 Å². The maximum Gasteiger partial charge on any atom is 0.318 e. The van der Waals surface area contributed by atoms with Crippen molar-refractivity contribution in [3.63, 3.8) is 0 Å². The Balaban J connectivity index is 2.44. The predicted molar refractivity (Wildman–Crippen MR) is 73.0 cm³/mol. The molecule has 2 amide bonds. The van der Waals surface area contributed by atoms with Crippen LogP contribution in [0.15, 0.2) is 24.3 Å². The number of rotatable bonds is 3. The summed E-state index contributed by atoms with van der Waals surface area (Å²) in [5.41, 5.74) is -0.274. The van der Waals surface area contributed by atoms with Crippen LogP contribution in [0.2, 0.25) is 5.02 Å². The van der Waals surface area contributed by atoms with Crippen LogP contribution in [0.4, 0.5) is 4.79 Å². The first kappa shape index (κ1) is 14.6. The number of amides is 2. The van der Waals surface area contributed by atoms with Gasteiger partial charge < -0.3 is 15.4 Å². The number of benzene rings is 1. The molecule has 0 aliphatic heterocycles. The van der Waals surface area contributed by atoms with Crippen LogP contribution >= 0.6 is 11.6 Å². The number of ether oxygens (including phenoxy) is 1. The van der Waals surface area contributed by atoms with Crippen LogP contribution in [0.25, 0.3) is 0 Å². The molecule has 1 aromatic rings. The molecule has 0 radical (unpaired) electrons. The molecule has 0 aromatic heterocycles. The van der Waals surface area contributed by atoms with E-state index < -0.39 is 6.23 Å². The van der Waals surface area contributed by atoms with Crippen molar-refractivity contribution in [2.45, 2.75) is 39.5 Å². The minimum atomic E-state index is -0.423. The molecule has 18 heavy (non-hydrogen) atoms. The summed E-state index contributed by atoms with van der Waals surface area (Å²) in [7, 11) is 0. The van der Waals surface area contributed by atoms with Gasteiger partial charge in [-0.05, 0) is 52.0 Å². The van der Waals surface area contributed by atoms with Crippen LogP contribution in [0.5, 0.6) is 5.75 Å². The highest BCUT2D eigenvalue weighted by atomic mass is 35.5. The average molecular weight is 271 g/mol. The van der Waals surface area contributed by atoms with E-state index in [-0.39, 0.29) is 11.6 Å². The Morgan fingerprint density at radius 2 is 1.83 bits per heavy atom. The third-order valence-corrected chi connectivity index (χ3v) is 2.20. The van der Waals surface area contributed by atoms with Crippen LogP contribution in [0.1, 0.15) is 27.7 Å². The number of urea groups is 1. The number of hydrogen-bond donors (Lipinski definition) is 2. The lowest BCUT2D eigenvalue weighted by atomic mass is 10.1. The molecule has 1 atom stereocenters. The molecule has 0 heterocycles. The van der Waals surface area contributed by atoms with E-state index in [1.807, 2.05) is 20.8 Å². The Bertz CT molecular complexity index is 398. The molecule has 2 N–H and O–H groups in total. The van der Waals surface area contributed by atoms with Crippen molar-refractivity contribution in [2.24, 2.45) is 0 Å². The van der Waals surface area contributed by atoms with E-state index in [1.165, 1.54) is 0 Å². The number of hydrogen-bond acceptors (Lipinski definition) is 2. The molecule has 1 rings (SSSR count). The van der Waals surface area contributed by atoms with E-state index in [1.54, 1.807) is 31.2 Å². The maximum atomic E-state index is 11.6. The summed E-state index contributed by atoms with van der Waals surface area (Å²) in [4.78, 5) is 11.6. The van der Waals surface area contributed by atoms with Gasteiger partial charge in [0.05, 0.1) is 0 Å². The van der Waals surface area contributed by atoms with Crippen LogP contribution in [-0.4, -0.2) is 17.8 Å². The van der Waals surface area contributed by atoms with E-state index in [9.17, 15) is 4.79 Å². The van der Waals surface area contributed by atoms with Crippen molar-refractivity contribution in [2.75, 3.05) is 0 Å². The Labute approximate surface area is 113 Å². The number of halogens is 1. The summed E-state index contributed by atoms with van der Waals surface area (Å²) in [5, 5.41) is 6.13. The van der Waals surface area contributed by atoms with E-state index in [0.717, 1.165) is 0 Å². The highest BCUT2D eigenvalue weighted by molar-refractivity contribution is 6.30. The summed E-state index contributed by atoms with van der Waals surface area (Å²) >= 11 is 5.77. The van der Waals surface area contributed by atoms with Gasteiger partial charge in [-0.15, -0.1) is 0 Å². The van der Waals surface area contributed by atoms with Gasteiger partial charge in [-0.3, -0.25) is 0 Å². The SMILES string of the molecule is CC(NC(=O)NC(C)(C)C)Oc1ccc(Cl)cc1. The molecule has 0 spiro atoms. The fourth-order valence-electron chi connectivity index (χ4n) is 1.31. The van der Waals surface area contributed by atoms with Gasteiger partial charge in [-0.25, -0.2) is 4.79 Å². The molecule has 0 aliphatic carbocycles. The first-order chi connectivity index (χ1) is 8.26. The Hall–Kier alpha value is -1.42. The van der Waals surface area contributed by atoms with Gasteiger partial charge in [0.2, 0.25) is 0 Å². The topological polar surface area (TPSA) is 50.4 Å². The van der Waals surface area contributed by atoms with Crippen LogP contribution < -0.4 is 15.4 Å². The smallest absolute Gasteiger partial charge is 0.318 e. The highest BCUT2D eigenvalue weighted by Gasteiger charge is 2.15. The molecule has 0 saturated carbocycles. The summed E-state index contributed by atoms with van der Waals surface area (Å²) in [5.74, 6) is 0.656. The highest BCUT2D eigenvalue weighted by Crippen LogP contribution is 2.16. The van der Waals surface area contributed by atoms with Crippen molar-refractivity contribution in [1.29, 1.82) is 0 Å². The predicted octanol–water partition coefficient (Wildman–Crippen LogP) is 3.16. The standard InChI is InChI=1S/C13H19ClN2O2/c1-9(15-12(17)16-13(2,3)4)18-11-7-5-10(14)6-8-11/h5-9H,1-4H3,(H2,15,16,17). The molecule has 5 heteroatoms. The molecule has 0 aliphatic rings. The number of carbonyl (C=O) groups excluding carboxylic acids is 1. The first-order valence-electron chi connectivity index (χ1n) is 5.77. The zero-order valence-electron chi connectivity index (χ0n) is 11.1. The summed E-state index contributed by atoms with van der Waals surface area (Å²) < 4.78 is 5.52. The van der Waals surface area contributed by atoms with Crippen molar-refractivity contribution < 1.29 is 9.53 Å². The lowest BCUT2D eigenvalue weighted by molar-refractivity contribution is 0.173. The van der Waals surface area contributed by atoms with Gasteiger partial charge in [0, 0.05) is 10.6 Å². The second-order valence-corrected chi connectivity index (χ2v) is 5.50.